The number of rotatable bonds is 7. The van der Waals surface area contributed by atoms with E-state index in [4.69, 9.17) is 0 Å². The van der Waals surface area contributed by atoms with E-state index in [1.807, 2.05) is 30.3 Å². The van der Waals surface area contributed by atoms with Gasteiger partial charge < -0.3 is 20.9 Å². The molecule has 4 rings (SSSR count). The van der Waals surface area contributed by atoms with Crippen LogP contribution in [0.25, 0.3) is 10.9 Å². The molecule has 2 fully saturated rings. The summed E-state index contributed by atoms with van der Waals surface area (Å²) < 4.78 is 28.0. The van der Waals surface area contributed by atoms with Gasteiger partial charge in [0.25, 0.3) is 5.91 Å². The highest BCUT2D eigenvalue weighted by Gasteiger charge is 2.39. The smallest absolute Gasteiger partial charge is 0.268 e. The summed E-state index contributed by atoms with van der Waals surface area (Å²) >= 11 is 0. The van der Waals surface area contributed by atoms with Crippen molar-refractivity contribution >= 4 is 28.6 Å². The zero-order valence-corrected chi connectivity index (χ0v) is 19.3. The summed E-state index contributed by atoms with van der Waals surface area (Å²) in [6, 6.07) is 8.99. The van der Waals surface area contributed by atoms with Gasteiger partial charge in [-0.3, -0.25) is 14.4 Å². The van der Waals surface area contributed by atoms with Crippen molar-refractivity contribution in [3.8, 4) is 6.07 Å². The molecule has 1 saturated carbocycles. The molecule has 3 amide bonds. The number of H-pyrrole nitrogens is 1. The topological polar surface area (TPSA) is 127 Å². The van der Waals surface area contributed by atoms with E-state index in [1.165, 1.54) is 0 Å². The number of amides is 3. The maximum Gasteiger partial charge on any atom is 0.268 e. The SMILES string of the molecule is N#C[C@H](CC1CCNC1=O)NC(=O)[C@@H](NC(=O)c1cc2ccccc2[nH]1)C1CCCC(F)(F)CC1. The number of nitrogens with zero attached hydrogens (tertiary/aromatic N) is 1. The van der Waals surface area contributed by atoms with Gasteiger partial charge in [0.15, 0.2) is 0 Å². The van der Waals surface area contributed by atoms with Crippen LogP contribution in [0.3, 0.4) is 0 Å². The minimum absolute atomic E-state index is 0.0698. The molecule has 0 radical (unpaired) electrons. The lowest BCUT2D eigenvalue weighted by Gasteiger charge is -2.27. The minimum atomic E-state index is -2.80. The van der Waals surface area contributed by atoms with Crippen LogP contribution in [0.2, 0.25) is 0 Å². The molecule has 2 aromatic rings. The monoisotopic (exact) mass is 485 g/mol. The van der Waals surface area contributed by atoms with Gasteiger partial charge >= 0.3 is 0 Å². The van der Waals surface area contributed by atoms with Gasteiger partial charge in [0.05, 0.1) is 6.07 Å². The first-order valence-electron chi connectivity index (χ1n) is 12.0. The predicted octanol–water partition coefficient (Wildman–Crippen LogP) is 3.02. The Morgan fingerprint density at radius 3 is 2.69 bits per heavy atom. The van der Waals surface area contributed by atoms with E-state index in [2.05, 4.69) is 20.9 Å². The highest BCUT2D eigenvalue weighted by Crippen LogP contribution is 2.36. The number of hydrogen-bond donors (Lipinski definition) is 4. The lowest BCUT2D eigenvalue weighted by molar-refractivity contribution is -0.126. The quantitative estimate of drug-likeness (QED) is 0.450. The van der Waals surface area contributed by atoms with Crippen LogP contribution in [0.1, 0.15) is 55.4 Å². The van der Waals surface area contributed by atoms with Crippen molar-refractivity contribution in [1.29, 1.82) is 5.26 Å². The minimum Gasteiger partial charge on any atom is -0.356 e. The Kier molecular flexibility index (Phi) is 7.34. The van der Waals surface area contributed by atoms with Gasteiger partial charge in [0.1, 0.15) is 17.8 Å². The Bertz CT molecular complexity index is 1110. The van der Waals surface area contributed by atoms with Crippen molar-refractivity contribution in [2.45, 2.75) is 63.0 Å². The summed E-state index contributed by atoms with van der Waals surface area (Å²) in [5.74, 6) is -4.98. The molecule has 1 saturated heterocycles. The Morgan fingerprint density at radius 2 is 1.97 bits per heavy atom. The number of para-hydroxylation sites is 1. The van der Waals surface area contributed by atoms with Crippen LogP contribution < -0.4 is 16.0 Å². The first kappa shape index (κ1) is 24.6. The second-order valence-electron chi connectivity index (χ2n) is 9.47. The number of nitriles is 1. The number of hydrogen-bond acceptors (Lipinski definition) is 4. The molecule has 0 bridgehead atoms. The molecule has 4 atom stereocenters. The lowest BCUT2D eigenvalue weighted by atomic mass is 9.90. The highest BCUT2D eigenvalue weighted by atomic mass is 19.3. The third-order valence-corrected chi connectivity index (χ3v) is 6.97. The van der Waals surface area contributed by atoms with E-state index in [9.17, 15) is 28.4 Å². The van der Waals surface area contributed by atoms with Crippen LogP contribution in [-0.4, -0.2) is 47.3 Å². The van der Waals surface area contributed by atoms with E-state index in [-0.39, 0.29) is 49.6 Å². The molecule has 1 aromatic heterocycles. The van der Waals surface area contributed by atoms with Gasteiger partial charge in [0, 0.05) is 36.2 Å². The normalized spacial score (nSPS) is 23.5. The Balaban J connectivity index is 1.51. The first-order chi connectivity index (χ1) is 16.8. The van der Waals surface area contributed by atoms with Crippen molar-refractivity contribution in [2.75, 3.05) is 6.54 Å². The molecule has 186 valence electrons. The summed E-state index contributed by atoms with van der Waals surface area (Å²) in [5, 5.41) is 18.5. The van der Waals surface area contributed by atoms with E-state index in [0.717, 1.165) is 10.9 Å². The number of carbonyl (C=O) groups is 3. The van der Waals surface area contributed by atoms with Crippen molar-refractivity contribution in [1.82, 2.24) is 20.9 Å². The van der Waals surface area contributed by atoms with Gasteiger partial charge in [-0.15, -0.1) is 0 Å². The molecular formula is C25H29F2N5O3. The van der Waals surface area contributed by atoms with E-state index >= 15 is 0 Å². The van der Waals surface area contributed by atoms with Crippen LogP contribution in [0.15, 0.2) is 30.3 Å². The standard InChI is InChI=1S/C25H29F2N5O3/c26-25(27)9-3-5-15(7-10-25)21(24(35)30-18(14-28)12-17-8-11-29-22(17)33)32-23(34)20-13-16-4-1-2-6-19(16)31-20/h1-2,4,6,13,15,17-18,21,31H,3,5,7-12H2,(H,29,33)(H,30,35)(H,32,34)/t15?,17?,18-,21-/m0/s1. The van der Waals surface area contributed by atoms with Crippen molar-refractivity contribution in [3.63, 3.8) is 0 Å². The van der Waals surface area contributed by atoms with Crippen molar-refractivity contribution in [3.05, 3.63) is 36.0 Å². The molecule has 8 nitrogen and oxygen atoms in total. The maximum absolute atomic E-state index is 14.0. The third-order valence-electron chi connectivity index (χ3n) is 6.97. The average molecular weight is 486 g/mol. The lowest BCUT2D eigenvalue weighted by Crippen LogP contribution is -2.53. The fraction of sp³-hybridized carbons (Fsp3) is 0.520. The molecule has 4 N–H and O–H groups in total. The van der Waals surface area contributed by atoms with Gasteiger partial charge in [-0.05, 0) is 50.2 Å². The zero-order chi connectivity index (χ0) is 25.0. The predicted molar refractivity (Wildman–Crippen MR) is 124 cm³/mol. The van der Waals surface area contributed by atoms with Gasteiger partial charge in [0.2, 0.25) is 17.7 Å². The second-order valence-corrected chi connectivity index (χ2v) is 9.47. The number of fused-ring (bicyclic) bond motifs is 1. The summed E-state index contributed by atoms with van der Waals surface area (Å²) in [5.41, 5.74) is 1.01. The molecular weight excluding hydrogens is 456 g/mol. The third kappa shape index (κ3) is 5.96. The largest absolute Gasteiger partial charge is 0.356 e. The second kappa shape index (κ2) is 10.4. The van der Waals surface area contributed by atoms with Crippen molar-refractivity contribution in [2.24, 2.45) is 11.8 Å². The molecule has 10 heteroatoms. The summed E-state index contributed by atoms with van der Waals surface area (Å²) in [7, 11) is 0. The number of aromatic amines is 1. The van der Waals surface area contributed by atoms with Gasteiger partial charge in [-0.25, -0.2) is 8.78 Å². The molecule has 1 aliphatic carbocycles. The number of carbonyl (C=O) groups excluding carboxylic acids is 3. The summed E-state index contributed by atoms with van der Waals surface area (Å²) in [6.07, 6.45) is 0.751. The highest BCUT2D eigenvalue weighted by molar-refractivity contribution is 6.00. The van der Waals surface area contributed by atoms with E-state index in [0.29, 0.717) is 19.4 Å². The molecule has 1 aromatic carbocycles. The van der Waals surface area contributed by atoms with E-state index < -0.39 is 35.7 Å². The molecule has 2 aliphatic rings. The summed E-state index contributed by atoms with van der Waals surface area (Å²) in [6.45, 7) is 0.523. The number of aromatic nitrogens is 1. The Hall–Kier alpha value is -3.48. The van der Waals surface area contributed by atoms with Crippen LogP contribution in [0, 0.1) is 23.2 Å². The van der Waals surface area contributed by atoms with Gasteiger partial charge in [-0.1, -0.05) is 18.2 Å². The van der Waals surface area contributed by atoms with Crippen LogP contribution in [0.4, 0.5) is 8.78 Å². The van der Waals surface area contributed by atoms with Crippen LogP contribution >= 0.6 is 0 Å². The zero-order valence-electron chi connectivity index (χ0n) is 19.3. The van der Waals surface area contributed by atoms with Gasteiger partial charge in [-0.2, -0.15) is 5.26 Å². The number of benzene rings is 1. The van der Waals surface area contributed by atoms with Crippen LogP contribution in [0.5, 0.6) is 0 Å². The average Bonchev–Trinajstić information content (AvgIpc) is 3.40. The molecule has 2 heterocycles. The maximum atomic E-state index is 14.0. The fourth-order valence-corrected chi connectivity index (χ4v) is 4.99. The Morgan fingerprint density at radius 1 is 1.17 bits per heavy atom. The fourth-order valence-electron chi connectivity index (χ4n) is 4.99. The van der Waals surface area contributed by atoms with Crippen LogP contribution in [-0.2, 0) is 9.59 Å². The molecule has 2 unspecified atom stereocenters. The molecule has 1 aliphatic heterocycles. The first-order valence-corrected chi connectivity index (χ1v) is 12.0. The number of halogens is 2. The molecule has 0 spiro atoms. The van der Waals surface area contributed by atoms with Crippen molar-refractivity contribution < 1.29 is 23.2 Å². The number of nitrogens with one attached hydrogen (secondary N) is 4. The number of alkyl halides is 2. The summed E-state index contributed by atoms with van der Waals surface area (Å²) in [4.78, 5) is 41.3. The van der Waals surface area contributed by atoms with E-state index in [1.54, 1.807) is 6.07 Å². The molecule has 35 heavy (non-hydrogen) atoms. The Labute approximate surface area is 201 Å².